The van der Waals surface area contributed by atoms with E-state index in [9.17, 15) is 4.79 Å². The lowest BCUT2D eigenvalue weighted by atomic mass is 10.1. The zero-order valence-corrected chi connectivity index (χ0v) is 18.1. The van der Waals surface area contributed by atoms with Gasteiger partial charge in [-0.2, -0.15) is 0 Å². The van der Waals surface area contributed by atoms with Crippen molar-refractivity contribution >= 4 is 33.4 Å². The highest BCUT2D eigenvalue weighted by atomic mass is 32.1. The Morgan fingerprint density at radius 3 is 2.90 bits per heavy atom. The molecule has 8 heteroatoms. The maximum atomic E-state index is 13.3. The van der Waals surface area contributed by atoms with Gasteiger partial charge in [-0.15, -0.1) is 11.3 Å². The fourth-order valence-electron chi connectivity index (χ4n) is 3.12. The molecule has 0 unspecified atom stereocenters. The van der Waals surface area contributed by atoms with Crippen LogP contribution in [0.4, 0.5) is 5.95 Å². The van der Waals surface area contributed by atoms with Gasteiger partial charge < -0.3 is 15.0 Å². The average molecular weight is 414 g/mol. The molecule has 0 spiro atoms. The molecule has 154 valence electrons. The minimum absolute atomic E-state index is 0.0344. The van der Waals surface area contributed by atoms with E-state index >= 15 is 0 Å². The van der Waals surface area contributed by atoms with Gasteiger partial charge in [0.25, 0.3) is 5.91 Å². The smallest absolute Gasteiger partial charge is 0.274 e. The Balaban J connectivity index is 1.92. The maximum absolute atomic E-state index is 13.3. The standard InChI is InChI=1S/C21H27N5O2S/c1-5-26(10-7-11-28-4)20(27)18-19-17(12-14(2)29-19)24-21(25-18)23-15(3)16-8-6-9-22-13-16/h6,8-9,12-13,15H,5,7,10-11H2,1-4H3,(H,23,24,25)/t15-/m0/s1. The van der Waals surface area contributed by atoms with Crippen molar-refractivity contribution in [2.45, 2.75) is 33.2 Å². The number of carbonyl (C=O) groups is 1. The average Bonchev–Trinajstić information content (AvgIpc) is 3.11. The van der Waals surface area contributed by atoms with E-state index in [0.29, 0.717) is 31.3 Å². The normalized spacial score (nSPS) is 12.1. The third-order valence-corrected chi connectivity index (χ3v) is 5.72. The van der Waals surface area contributed by atoms with Crippen molar-refractivity contribution in [1.29, 1.82) is 0 Å². The zero-order chi connectivity index (χ0) is 20.8. The second-order valence-corrected chi connectivity index (χ2v) is 8.11. The van der Waals surface area contributed by atoms with E-state index in [-0.39, 0.29) is 11.9 Å². The van der Waals surface area contributed by atoms with Crippen molar-refractivity contribution in [3.63, 3.8) is 0 Å². The van der Waals surface area contributed by atoms with E-state index in [0.717, 1.165) is 27.1 Å². The lowest BCUT2D eigenvalue weighted by Crippen LogP contribution is -2.33. The van der Waals surface area contributed by atoms with Gasteiger partial charge in [0.15, 0.2) is 5.69 Å². The Kier molecular flexibility index (Phi) is 7.11. The number of carbonyl (C=O) groups excluding carboxylic acids is 1. The fraction of sp³-hybridized carbons (Fsp3) is 0.429. The molecular formula is C21H27N5O2S. The van der Waals surface area contributed by atoms with Crippen LogP contribution in [0.5, 0.6) is 0 Å². The number of thiophene rings is 1. The molecule has 1 N–H and O–H groups in total. The number of nitrogens with zero attached hydrogens (tertiary/aromatic N) is 4. The summed E-state index contributed by atoms with van der Waals surface area (Å²) in [6.07, 6.45) is 4.34. The molecule has 3 aromatic rings. The van der Waals surface area contributed by atoms with Gasteiger partial charge in [0.2, 0.25) is 5.95 Å². The van der Waals surface area contributed by atoms with Gasteiger partial charge in [0.05, 0.1) is 16.3 Å². The highest BCUT2D eigenvalue weighted by Crippen LogP contribution is 2.29. The topological polar surface area (TPSA) is 80.2 Å². The van der Waals surface area contributed by atoms with Crippen molar-refractivity contribution in [2.75, 3.05) is 32.1 Å². The summed E-state index contributed by atoms with van der Waals surface area (Å²) < 4.78 is 5.95. The zero-order valence-electron chi connectivity index (χ0n) is 17.3. The summed E-state index contributed by atoms with van der Waals surface area (Å²) in [7, 11) is 1.67. The van der Waals surface area contributed by atoms with Gasteiger partial charge >= 0.3 is 0 Å². The fourth-order valence-corrected chi connectivity index (χ4v) is 4.05. The first-order valence-corrected chi connectivity index (χ1v) is 10.6. The largest absolute Gasteiger partial charge is 0.385 e. The number of aromatic nitrogens is 3. The maximum Gasteiger partial charge on any atom is 0.274 e. The molecule has 0 radical (unpaired) electrons. The molecule has 0 aliphatic heterocycles. The van der Waals surface area contributed by atoms with E-state index in [1.165, 1.54) is 0 Å². The molecule has 1 amide bonds. The van der Waals surface area contributed by atoms with E-state index in [4.69, 9.17) is 4.74 Å². The lowest BCUT2D eigenvalue weighted by molar-refractivity contribution is 0.0743. The summed E-state index contributed by atoms with van der Waals surface area (Å²) in [4.78, 5) is 29.6. The highest BCUT2D eigenvalue weighted by Gasteiger charge is 2.22. The molecule has 1 atom stereocenters. The number of hydrogen-bond acceptors (Lipinski definition) is 7. The van der Waals surface area contributed by atoms with Crippen LogP contribution >= 0.6 is 11.3 Å². The number of amides is 1. The molecule has 0 fully saturated rings. The monoisotopic (exact) mass is 413 g/mol. The van der Waals surface area contributed by atoms with E-state index < -0.39 is 0 Å². The van der Waals surface area contributed by atoms with E-state index in [1.54, 1.807) is 24.6 Å². The molecule has 0 bridgehead atoms. The minimum atomic E-state index is -0.0741. The Hall–Kier alpha value is -2.58. The quantitative estimate of drug-likeness (QED) is 0.533. The first-order chi connectivity index (χ1) is 14.0. The molecule has 0 aliphatic rings. The van der Waals surface area contributed by atoms with Crippen molar-refractivity contribution in [3.05, 3.63) is 46.7 Å². The molecule has 3 rings (SSSR count). The number of hydrogen-bond donors (Lipinski definition) is 1. The summed E-state index contributed by atoms with van der Waals surface area (Å²) in [6.45, 7) is 7.89. The molecule has 7 nitrogen and oxygen atoms in total. The minimum Gasteiger partial charge on any atom is -0.385 e. The second-order valence-electron chi connectivity index (χ2n) is 6.85. The molecule has 0 aliphatic carbocycles. The number of pyridine rings is 1. The van der Waals surface area contributed by atoms with Gasteiger partial charge in [0.1, 0.15) is 0 Å². The third kappa shape index (κ3) is 5.07. The number of methoxy groups -OCH3 is 1. The number of fused-ring (bicyclic) bond motifs is 1. The first-order valence-electron chi connectivity index (χ1n) is 9.76. The van der Waals surface area contributed by atoms with Gasteiger partial charge in [-0.25, -0.2) is 9.97 Å². The predicted molar refractivity (Wildman–Crippen MR) is 116 cm³/mol. The highest BCUT2D eigenvalue weighted by molar-refractivity contribution is 7.19. The van der Waals surface area contributed by atoms with Crippen LogP contribution in [0, 0.1) is 6.92 Å². The summed E-state index contributed by atoms with van der Waals surface area (Å²) >= 11 is 1.55. The van der Waals surface area contributed by atoms with Crippen LogP contribution in [-0.2, 0) is 4.74 Å². The van der Waals surface area contributed by atoms with Gasteiger partial charge in [0, 0.05) is 44.1 Å². The first kappa shape index (κ1) is 21.1. The SMILES string of the molecule is CCN(CCCOC)C(=O)c1nc(N[C@@H](C)c2cccnc2)nc2cc(C)sc12. The third-order valence-electron chi connectivity index (χ3n) is 4.67. The molecule has 29 heavy (non-hydrogen) atoms. The molecule has 0 aromatic carbocycles. The Labute approximate surface area is 175 Å². The Morgan fingerprint density at radius 1 is 1.38 bits per heavy atom. The predicted octanol–water partition coefficient (Wildman–Crippen LogP) is 4.07. The summed E-state index contributed by atoms with van der Waals surface area (Å²) in [5, 5.41) is 3.32. The van der Waals surface area contributed by atoms with Gasteiger partial charge in [-0.1, -0.05) is 6.07 Å². The number of aryl methyl sites for hydroxylation is 1. The van der Waals surface area contributed by atoms with Crippen LogP contribution in [0.15, 0.2) is 30.6 Å². The van der Waals surface area contributed by atoms with E-state index in [2.05, 4.69) is 20.3 Å². The summed E-state index contributed by atoms with van der Waals surface area (Å²) in [5.74, 6) is 0.373. The van der Waals surface area contributed by atoms with Crippen LogP contribution in [-0.4, -0.2) is 52.6 Å². The Morgan fingerprint density at radius 2 is 2.21 bits per heavy atom. The second kappa shape index (κ2) is 9.76. The van der Waals surface area contributed by atoms with Crippen molar-refractivity contribution in [3.8, 4) is 0 Å². The molecule has 0 saturated carbocycles. The summed E-state index contributed by atoms with van der Waals surface area (Å²) in [6, 6.07) is 5.86. The number of nitrogens with one attached hydrogen (secondary N) is 1. The molecule has 3 aromatic heterocycles. The summed E-state index contributed by atoms with van der Waals surface area (Å²) in [5.41, 5.74) is 2.27. The van der Waals surface area contributed by atoms with Crippen molar-refractivity contribution < 1.29 is 9.53 Å². The van der Waals surface area contributed by atoms with Crippen molar-refractivity contribution in [2.24, 2.45) is 0 Å². The Bertz CT molecular complexity index is 960. The van der Waals surface area contributed by atoms with Crippen LogP contribution in [0.3, 0.4) is 0 Å². The van der Waals surface area contributed by atoms with Crippen LogP contribution in [0.1, 0.15) is 47.2 Å². The molecular weight excluding hydrogens is 386 g/mol. The number of anilines is 1. The number of rotatable bonds is 9. The van der Waals surface area contributed by atoms with Crippen LogP contribution in [0.25, 0.3) is 10.2 Å². The van der Waals surface area contributed by atoms with E-state index in [1.807, 2.05) is 50.1 Å². The lowest BCUT2D eigenvalue weighted by Gasteiger charge is -2.21. The van der Waals surface area contributed by atoms with Gasteiger partial charge in [-0.05, 0) is 44.9 Å². The van der Waals surface area contributed by atoms with Crippen molar-refractivity contribution in [1.82, 2.24) is 19.9 Å². The molecule has 3 heterocycles. The van der Waals surface area contributed by atoms with Crippen LogP contribution < -0.4 is 5.32 Å². The van der Waals surface area contributed by atoms with Crippen LogP contribution in [0.2, 0.25) is 0 Å². The number of ether oxygens (including phenoxy) is 1. The van der Waals surface area contributed by atoms with Gasteiger partial charge in [-0.3, -0.25) is 9.78 Å². The molecule has 0 saturated heterocycles.